The van der Waals surface area contributed by atoms with E-state index in [4.69, 9.17) is 24.2 Å². The first-order valence-corrected chi connectivity index (χ1v) is 22.7. The Bertz CT molecular complexity index is 2330. The number of thiazole rings is 1. The van der Waals surface area contributed by atoms with Crippen LogP contribution in [0.4, 0.5) is 23.1 Å². The summed E-state index contributed by atoms with van der Waals surface area (Å²) in [4.78, 5) is 66.7. The summed E-state index contributed by atoms with van der Waals surface area (Å²) in [5.41, 5.74) is -1.38. The molecule has 344 valence electrons. The Hall–Kier alpha value is -5.22. The van der Waals surface area contributed by atoms with E-state index in [0.717, 1.165) is 12.8 Å². The van der Waals surface area contributed by atoms with Gasteiger partial charge in [0.2, 0.25) is 11.8 Å². The first kappa shape index (κ1) is 47.3. The SMILES string of the molecule is C=CC1C[C@]1(NC(=O)[C@@H]1C[C@@H](Oc2cc(-c3csc(NC(C)C)n3)nc3cc(OC)ccc23)CN1C(=O)[C@@H](NC(=O)OC1CCCC1)C(C)(C)C)C(=O)NS(=O)(=O)OCC(F)(F)F. The van der Waals surface area contributed by atoms with Crippen molar-refractivity contribution < 1.29 is 59.2 Å². The van der Waals surface area contributed by atoms with Crippen molar-refractivity contribution in [3.63, 3.8) is 0 Å². The Morgan fingerprint density at radius 3 is 2.40 bits per heavy atom. The molecule has 2 aliphatic carbocycles. The van der Waals surface area contributed by atoms with Gasteiger partial charge in [-0.1, -0.05) is 26.8 Å². The summed E-state index contributed by atoms with van der Waals surface area (Å²) in [5, 5.41) is 11.6. The highest BCUT2D eigenvalue weighted by Crippen LogP contribution is 2.45. The lowest BCUT2D eigenvalue weighted by atomic mass is 9.85. The molecule has 6 rings (SSSR count). The maximum atomic E-state index is 14.8. The van der Waals surface area contributed by atoms with Gasteiger partial charge in [-0.15, -0.1) is 17.9 Å². The number of nitrogens with one attached hydrogen (secondary N) is 4. The van der Waals surface area contributed by atoms with Crippen LogP contribution in [0.5, 0.6) is 11.5 Å². The van der Waals surface area contributed by atoms with Crippen molar-refractivity contribution in [1.29, 1.82) is 0 Å². The number of carbonyl (C=O) groups is 4. The lowest BCUT2D eigenvalue weighted by molar-refractivity contribution is -0.153. The topological polar surface area (TPSA) is 216 Å². The molecule has 63 heavy (non-hydrogen) atoms. The van der Waals surface area contributed by atoms with Crippen molar-refractivity contribution in [3.8, 4) is 22.9 Å². The summed E-state index contributed by atoms with van der Waals surface area (Å²) in [6, 6.07) is 4.42. The molecule has 3 heterocycles. The molecule has 3 aliphatic rings. The van der Waals surface area contributed by atoms with E-state index in [1.165, 1.54) is 34.1 Å². The van der Waals surface area contributed by atoms with Gasteiger partial charge >= 0.3 is 22.6 Å². The van der Waals surface area contributed by atoms with Crippen LogP contribution < -0.4 is 30.1 Å². The highest BCUT2D eigenvalue weighted by atomic mass is 32.2. The second-order valence-corrected chi connectivity index (χ2v) is 19.4. The van der Waals surface area contributed by atoms with Gasteiger partial charge in [0.15, 0.2) is 11.7 Å². The molecule has 1 aromatic carbocycles. The number of hydrogen-bond acceptors (Lipinski definition) is 14. The Labute approximate surface area is 367 Å². The summed E-state index contributed by atoms with van der Waals surface area (Å²) < 4.78 is 86.3. The van der Waals surface area contributed by atoms with Crippen LogP contribution in [0.2, 0.25) is 0 Å². The van der Waals surface area contributed by atoms with Gasteiger partial charge < -0.3 is 35.1 Å². The largest absolute Gasteiger partial charge is 0.497 e. The molecule has 17 nitrogen and oxygen atoms in total. The number of anilines is 1. The molecule has 3 fully saturated rings. The van der Waals surface area contributed by atoms with Crippen molar-refractivity contribution in [2.75, 3.05) is 25.6 Å². The monoisotopic (exact) mass is 923 g/mol. The molecule has 5 atom stereocenters. The van der Waals surface area contributed by atoms with Crippen LogP contribution in [0.3, 0.4) is 0 Å². The molecule has 0 spiro atoms. The zero-order chi connectivity index (χ0) is 46.1. The molecule has 3 aromatic rings. The number of carbonyl (C=O) groups excluding carboxylic acids is 4. The molecule has 2 aromatic heterocycles. The van der Waals surface area contributed by atoms with Gasteiger partial charge in [-0.3, -0.25) is 14.4 Å². The quantitative estimate of drug-likeness (QED) is 0.129. The van der Waals surface area contributed by atoms with E-state index >= 15 is 0 Å². The number of nitrogens with zero attached hydrogens (tertiary/aromatic N) is 3. The maximum Gasteiger partial charge on any atom is 0.413 e. The number of aromatic nitrogens is 2. The smallest absolute Gasteiger partial charge is 0.413 e. The summed E-state index contributed by atoms with van der Waals surface area (Å²) in [6.07, 6.45) is -2.91. The highest BCUT2D eigenvalue weighted by Gasteiger charge is 2.62. The maximum absolute atomic E-state index is 14.8. The average Bonchev–Trinajstić information content (AvgIpc) is 3.61. The van der Waals surface area contributed by atoms with Crippen LogP contribution in [0.25, 0.3) is 22.3 Å². The van der Waals surface area contributed by atoms with Gasteiger partial charge in [-0.2, -0.15) is 21.6 Å². The van der Waals surface area contributed by atoms with Gasteiger partial charge in [-0.25, -0.2) is 23.7 Å². The number of pyridine rings is 1. The van der Waals surface area contributed by atoms with Crippen molar-refractivity contribution >= 4 is 61.5 Å². The minimum Gasteiger partial charge on any atom is -0.497 e. The van der Waals surface area contributed by atoms with Crippen molar-refractivity contribution in [3.05, 3.63) is 42.3 Å². The normalized spacial score (nSPS) is 22.1. The Morgan fingerprint density at radius 2 is 1.78 bits per heavy atom. The number of likely N-dealkylation sites (tertiary alicyclic amines) is 1. The van der Waals surface area contributed by atoms with E-state index < -0.39 is 82.0 Å². The number of methoxy groups -OCH3 is 1. The van der Waals surface area contributed by atoms with E-state index in [9.17, 15) is 40.8 Å². The number of ether oxygens (including phenoxy) is 3. The fraction of sp³-hybridized carbons (Fsp3) is 0.561. The van der Waals surface area contributed by atoms with Gasteiger partial charge in [0.25, 0.3) is 5.91 Å². The third-order valence-corrected chi connectivity index (χ3v) is 12.5. The Balaban J connectivity index is 1.33. The minimum atomic E-state index is -5.27. The molecular weight excluding hydrogens is 872 g/mol. The van der Waals surface area contributed by atoms with Gasteiger partial charge in [0.05, 0.1) is 24.9 Å². The van der Waals surface area contributed by atoms with Crippen LogP contribution in [-0.2, 0) is 33.6 Å². The number of alkyl halides is 3. The number of hydrogen-bond donors (Lipinski definition) is 4. The van der Waals surface area contributed by atoms with Gasteiger partial charge in [0.1, 0.15) is 47.0 Å². The lowest BCUT2D eigenvalue weighted by Crippen LogP contribution is -2.60. The predicted octanol–water partition coefficient (Wildman–Crippen LogP) is 5.62. The van der Waals surface area contributed by atoms with E-state index in [2.05, 4.69) is 26.7 Å². The predicted molar refractivity (Wildman–Crippen MR) is 226 cm³/mol. The molecular formula is C41H52F3N7O10S2. The Kier molecular flexibility index (Phi) is 13.9. The van der Waals surface area contributed by atoms with Crippen LogP contribution in [0.1, 0.15) is 73.1 Å². The minimum absolute atomic E-state index is 0.123. The van der Waals surface area contributed by atoms with Gasteiger partial charge in [-0.05, 0) is 63.5 Å². The molecule has 1 unspecified atom stereocenters. The summed E-state index contributed by atoms with van der Waals surface area (Å²) in [6.45, 7) is 10.4. The standard InChI is InChI=1S/C41H52F3N7O10S2/c1-8-23-18-40(23,36(54)50-63(56,57)59-21-41(42,43)44)49-34(52)31-16-26(19-51(31)35(53)33(39(4,5)6)48-38(55)61-24-11-9-10-12-24)60-32-17-29(30-20-62-37(47-30)45-22(2)3)46-28-15-25(58-7)13-14-27(28)32/h8,13-15,17,20,22-24,26,31,33H,1,9-12,16,18-19,21H2,2-7H3,(H,45,47)(H,48,55)(H,49,52)(H,50,54)/t23?,26-,31+,33-,40-/m1/s1. The number of amides is 4. The number of fused-ring (bicyclic) bond motifs is 1. The third kappa shape index (κ3) is 11.5. The second-order valence-electron chi connectivity index (χ2n) is 17.2. The van der Waals surface area contributed by atoms with E-state index in [1.54, 1.807) is 45.0 Å². The third-order valence-electron chi connectivity index (χ3n) is 10.9. The Morgan fingerprint density at radius 1 is 1.06 bits per heavy atom. The average molecular weight is 924 g/mol. The van der Waals surface area contributed by atoms with E-state index in [0.29, 0.717) is 51.8 Å². The zero-order valence-corrected chi connectivity index (χ0v) is 37.3. The van der Waals surface area contributed by atoms with Crippen LogP contribution in [0, 0.1) is 11.3 Å². The highest BCUT2D eigenvalue weighted by molar-refractivity contribution is 7.85. The molecule has 1 aliphatic heterocycles. The lowest BCUT2D eigenvalue weighted by Gasteiger charge is -2.35. The number of benzene rings is 1. The first-order valence-electron chi connectivity index (χ1n) is 20.4. The molecule has 4 N–H and O–H groups in total. The summed E-state index contributed by atoms with van der Waals surface area (Å²) in [5.74, 6) is -2.92. The number of halogens is 3. The molecule has 4 amide bonds. The fourth-order valence-corrected chi connectivity index (χ4v) is 9.24. The summed E-state index contributed by atoms with van der Waals surface area (Å²) >= 11 is 1.39. The molecule has 22 heteroatoms. The molecule has 0 bridgehead atoms. The summed E-state index contributed by atoms with van der Waals surface area (Å²) in [7, 11) is -3.75. The van der Waals surface area contributed by atoms with Crippen molar-refractivity contribution in [2.45, 2.75) is 115 Å². The fourth-order valence-electron chi connectivity index (χ4n) is 7.63. The van der Waals surface area contributed by atoms with Crippen LogP contribution in [0.15, 0.2) is 42.3 Å². The number of rotatable bonds is 16. The number of alkyl carbamates (subject to hydrolysis) is 1. The van der Waals surface area contributed by atoms with E-state index in [-0.39, 0.29) is 31.5 Å². The molecule has 2 saturated carbocycles. The van der Waals surface area contributed by atoms with Crippen LogP contribution >= 0.6 is 11.3 Å². The van der Waals surface area contributed by atoms with Gasteiger partial charge in [0, 0.05) is 41.3 Å². The van der Waals surface area contributed by atoms with E-state index in [1.807, 2.05) is 19.2 Å². The van der Waals surface area contributed by atoms with Crippen LogP contribution in [-0.4, -0.2) is 109 Å². The first-order chi connectivity index (χ1) is 29.5. The zero-order valence-electron chi connectivity index (χ0n) is 35.7. The molecule has 1 saturated heterocycles. The van der Waals surface area contributed by atoms with Crippen molar-refractivity contribution in [2.24, 2.45) is 11.3 Å². The second kappa shape index (κ2) is 18.5. The molecule has 0 radical (unpaired) electrons. The van der Waals surface area contributed by atoms with Crippen molar-refractivity contribution in [1.82, 2.24) is 30.2 Å².